The van der Waals surface area contributed by atoms with E-state index in [4.69, 9.17) is 4.74 Å². The van der Waals surface area contributed by atoms with Gasteiger partial charge in [0.25, 0.3) is 5.91 Å². The van der Waals surface area contributed by atoms with Gasteiger partial charge in [-0.3, -0.25) is 14.6 Å². The molecule has 2 fully saturated rings. The summed E-state index contributed by atoms with van der Waals surface area (Å²) < 4.78 is 5.17. The Morgan fingerprint density at radius 1 is 1.03 bits per heavy atom. The van der Waals surface area contributed by atoms with Crippen LogP contribution in [0.25, 0.3) is 0 Å². The number of piperazine rings is 1. The molecule has 0 spiro atoms. The normalized spacial score (nSPS) is 20.9. The zero-order chi connectivity index (χ0) is 24.4. The van der Waals surface area contributed by atoms with E-state index in [1.54, 1.807) is 41.4 Å². The van der Waals surface area contributed by atoms with Crippen molar-refractivity contribution < 1.29 is 19.4 Å². The first-order valence-corrected chi connectivity index (χ1v) is 11.5. The summed E-state index contributed by atoms with van der Waals surface area (Å²) in [6.07, 6.45) is 3.14. The molecule has 1 aromatic heterocycles. The number of amides is 2. The molecular formula is C28H25N3O4. The van der Waals surface area contributed by atoms with E-state index < -0.39 is 0 Å². The molecule has 2 aliphatic rings. The molecule has 0 unspecified atom stereocenters. The van der Waals surface area contributed by atoms with Gasteiger partial charge >= 0.3 is 0 Å². The van der Waals surface area contributed by atoms with Crippen molar-refractivity contribution in [1.82, 2.24) is 14.8 Å². The number of aromatic nitrogens is 1. The molecule has 1 N–H and O–H groups in total. The maximum Gasteiger partial charge on any atom is 0.254 e. The summed E-state index contributed by atoms with van der Waals surface area (Å²) in [6.45, 7) is 0.318. The summed E-state index contributed by atoms with van der Waals surface area (Å²) in [7, 11) is 1.63. The highest BCUT2D eigenvalue weighted by atomic mass is 16.5. The third kappa shape index (κ3) is 4.36. The molecule has 176 valence electrons. The first-order valence-electron chi connectivity index (χ1n) is 11.5. The summed E-state index contributed by atoms with van der Waals surface area (Å²) in [4.78, 5) is 33.1. The lowest BCUT2D eigenvalue weighted by atomic mass is 9.73. The van der Waals surface area contributed by atoms with E-state index in [-0.39, 0.29) is 43.0 Å². The molecule has 0 saturated carbocycles. The zero-order valence-electron chi connectivity index (χ0n) is 19.3. The van der Waals surface area contributed by atoms with Crippen molar-refractivity contribution >= 4 is 11.8 Å². The largest absolute Gasteiger partial charge is 0.497 e. The van der Waals surface area contributed by atoms with Crippen LogP contribution in [-0.4, -0.2) is 70.6 Å². The van der Waals surface area contributed by atoms with Crippen LogP contribution < -0.4 is 4.74 Å². The topological polar surface area (TPSA) is 83.0 Å². The minimum Gasteiger partial charge on any atom is -0.497 e. The Morgan fingerprint density at radius 3 is 2.26 bits per heavy atom. The van der Waals surface area contributed by atoms with Crippen LogP contribution >= 0.6 is 0 Å². The summed E-state index contributed by atoms with van der Waals surface area (Å²) in [6, 6.07) is 18.3. The molecule has 2 amide bonds. The number of ether oxygens (including phenoxy) is 1. The van der Waals surface area contributed by atoms with Gasteiger partial charge < -0.3 is 19.6 Å². The van der Waals surface area contributed by atoms with Crippen LogP contribution in [0.4, 0.5) is 0 Å². The van der Waals surface area contributed by atoms with Gasteiger partial charge in [-0.15, -0.1) is 0 Å². The highest BCUT2D eigenvalue weighted by Gasteiger charge is 2.54. The van der Waals surface area contributed by atoms with Crippen molar-refractivity contribution in [3.63, 3.8) is 0 Å². The standard InChI is InChI=1S/C28H25N3O4/c1-35-23-10-6-20(7-11-23)3-2-19-4-8-21(9-5-19)27-24-16-30(17-26(33)31(24)25(27)18-32)28(34)22-12-14-29-15-13-22/h4-15,24-25,27,32H,16-18H2,1H3/t24-,25+,27+/m0/s1. The average molecular weight is 468 g/mol. The number of aliphatic hydroxyl groups excluding tert-OH is 1. The molecule has 0 aliphatic carbocycles. The molecule has 2 aliphatic heterocycles. The number of methoxy groups -OCH3 is 1. The number of aliphatic hydroxyl groups is 1. The number of carbonyl (C=O) groups is 2. The lowest BCUT2D eigenvalue weighted by Gasteiger charge is -2.58. The van der Waals surface area contributed by atoms with Crippen LogP contribution in [0.2, 0.25) is 0 Å². The van der Waals surface area contributed by atoms with Gasteiger partial charge in [0, 0.05) is 41.5 Å². The SMILES string of the molecule is COc1ccc(C#Cc2ccc([C@H]3[C@@H](CO)N4C(=O)CN(C(=O)c5ccncc5)C[C@@H]34)cc2)cc1. The van der Waals surface area contributed by atoms with Gasteiger partial charge in [-0.25, -0.2) is 0 Å². The Hall–Kier alpha value is -4.15. The molecule has 5 rings (SSSR count). The van der Waals surface area contributed by atoms with Crippen LogP contribution in [0, 0.1) is 11.8 Å². The monoisotopic (exact) mass is 467 g/mol. The zero-order valence-corrected chi connectivity index (χ0v) is 19.3. The molecule has 3 atom stereocenters. The quantitative estimate of drug-likeness (QED) is 0.596. The van der Waals surface area contributed by atoms with Crippen LogP contribution in [0.1, 0.15) is 33.0 Å². The lowest BCUT2D eigenvalue weighted by molar-refractivity contribution is -0.159. The molecular weight excluding hydrogens is 442 g/mol. The van der Waals surface area contributed by atoms with Gasteiger partial charge in [0.2, 0.25) is 5.91 Å². The van der Waals surface area contributed by atoms with Crippen molar-refractivity contribution in [2.24, 2.45) is 0 Å². The Morgan fingerprint density at radius 2 is 1.66 bits per heavy atom. The highest BCUT2D eigenvalue weighted by Crippen LogP contribution is 2.43. The second-order valence-corrected chi connectivity index (χ2v) is 8.67. The Labute approximate surface area is 204 Å². The first kappa shape index (κ1) is 22.6. The molecule has 0 radical (unpaired) electrons. The third-order valence-electron chi connectivity index (χ3n) is 6.70. The fraction of sp³-hybridized carbons (Fsp3) is 0.250. The third-order valence-corrected chi connectivity index (χ3v) is 6.70. The number of hydrogen-bond donors (Lipinski definition) is 1. The van der Waals surface area contributed by atoms with Crippen molar-refractivity contribution in [3.05, 3.63) is 95.3 Å². The maximum absolute atomic E-state index is 12.9. The molecule has 7 nitrogen and oxygen atoms in total. The van der Waals surface area contributed by atoms with Gasteiger partial charge in [0.15, 0.2) is 0 Å². The van der Waals surface area contributed by atoms with E-state index in [1.807, 2.05) is 48.5 Å². The Bertz CT molecular complexity index is 1280. The number of pyridine rings is 1. The summed E-state index contributed by atoms with van der Waals surface area (Å²) in [5, 5.41) is 10.0. The van der Waals surface area contributed by atoms with E-state index in [9.17, 15) is 14.7 Å². The number of fused-ring (bicyclic) bond motifs is 1. The van der Waals surface area contributed by atoms with Crippen LogP contribution in [0.15, 0.2) is 73.1 Å². The lowest BCUT2D eigenvalue weighted by Crippen LogP contribution is -2.73. The van der Waals surface area contributed by atoms with Gasteiger partial charge in [-0.05, 0) is 54.1 Å². The molecule has 0 bridgehead atoms. The minimum absolute atomic E-state index is 0.0146. The number of nitrogens with zero attached hydrogens (tertiary/aromatic N) is 3. The summed E-state index contributed by atoms with van der Waals surface area (Å²) in [5.41, 5.74) is 3.29. The van der Waals surface area contributed by atoms with E-state index >= 15 is 0 Å². The first-order chi connectivity index (χ1) is 17.1. The van der Waals surface area contributed by atoms with Gasteiger partial charge in [-0.1, -0.05) is 24.0 Å². The Balaban J connectivity index is 1.33. The van der Waals surface area contributed by atoms with Crippen LogP contribution in [0.3, 0.4) is 0 Å². The number of rotatable bonds is 4. The number of carbonyl (C=O) groups excluding carboxylic acids is 2. The fourth-order valence-electron chi connectivity index (χ4n) is 4.94. The molecule has 7 heteroatoms. The molecule has 3 aromatic rings. The molecule has 2 saturated heterocycles. The molecule has 2 aromatic carbocycles. The molecule has 35 heavy (non-hydrogen) atoms. The van der Waals surface area contributed by atoms with Gasteiger partial charge in [0.05, 0.1) is 25.8 Å². The second-order valence-electron chi connectivity index (χ2n) is 8.67. The van der Waals surface area contributed by atoms with Crippen LogP contribution in [0.5, 0.6) is 5.75 Å². The van der Waals surface area contributed by atoms with Gasteiger partial charge in [-0.2, -0.15) is 0 Å². The predicted molar refractivity (Wildman–Crippen MR) is 130 cm³/mol. The van der Waals surface area contributed by atoms with Crippen LogP contribution in [-0.2, 0) is 4.79 Å². The van der Waals surface area contributed by atoms with E-state index in [2.05, 4.69) is 16.8 Å². The predicted octanol–water partition coefficient (Wildman–Crippen LogP) is 2.30. The second kappa shape index (κ2) is 9.61. The van der Waals surface area contributed by atoms with Gasteiger partial charge in [0.1, 0.15) is 12.3 Å². The van der Waals surface area contributed by atoms with E-state index in [0.29, 0.717) is 12.1 Å². The van der Waals surface area contributed by atoms with Crippen molar-refractivity contribution in [2.45, 2.75) is 18.0 Å². The van der Waals surface area contributed by atoms with Crippen molar-refractivity contribution in [1.29, 1.82) is 0 Å². The smallest absolute Gasteiger partial charge is 0.254 e. The minimum atomic E-state index is -0.290. The Kier molecular flexibility index (Phi) is 6.21. The number of benzene rings is 2. The van der Waals surface area contributed by atoms with Crippen molar-refractivity contribution in [2.75, 3.05) is 26.8 Å². The fourth-order valence-corrected chi connectivity index (χ4v) is 4.94. The average Bonchev–Trinajstić information content (AvgIpc) is 2.89. The highest BCUT2D eigenvalue weighted by molar-refractivity contribution is 5.97. The van der Waals surface area contributed by atoms with E-state index in [1.165, 1.54) is 0 Å². The molecule has 3 heterocycles. The maximum atomic E-state index is 12.9. The van der Waals surface area contributed by atoms with E-state index in [0.717, 1.165) is 22.4 Å². The van der Waals surface area contributed by atoms with Crippen molar-refractivity contribution in [3.8, 4) is 17.6 Å². The number of hydrogen-bond acceptors (Lipinski definition) is 5. The summed E-state index contributed by atoms with van der Waals surface area (Å²) >= 11 is 0. The summed E-state index contributed by atoms with van der Waals surface area (Å²) in [5.74, 6) is 6.72.